The number of aromatic nitrogens is 1. The van der Waals surface area contributed by atoms with Crippen molar-refractivity contribution in [3.63, 3.8) is 0 Å². The Labute approximate surface area is 159 Å². The fourth-order valence-corrected chi connectivity index (χ4v) is 5.46. The van der Waals surface area contributed by atoms with Gasteiger partial charge in [-0.2, -0.15) is 0 Å². The molecule has 0 saturated heterocycles. The number of rotatable bonds is 7. The van der Waals surface area contributed by atoms with Gasteiger partial charge in [-0.05, 0) is 24.6 Å². The smallest absolute Gasteiger partial charge is 0.242 e. The zero-order valence-electron chi connectivity index (χ0n) is 12.9. The number of nitrogens with one attached hydrogen (secondary N) is 1. The van der Waals surface area contributed by atoms with E-state index in [0.29, 0.717) is 23.1 Å². The molecule has 2 aromatic heterocycles. The average molecular weight is 417 g/mol. The van der Waals surface area contributed by atoms with Crippen molar-refractivity contribution in [2.75, 3.05) is 13.2 Å². The molecule has 0 atom stereocenters. The molecule has 0 radical (unpaired) electrons. The van der Waals surface area contributed by atoms with E-state index in [4.69, 9.17) is 27.9 Å². The maximum absolute atomic E-state index is 12.2. The number of pyridine rings is 1. The number of ether oxygens (including phenoxy) is 1. The van der Waals surface area contributed by atoms with Gasteiger partial charge in [0.2, 0.25) is 10.0 Å². The van der Waals surface area contributed by atoms with Gasteiger partial charge in [0.05, 0.1) is 10.9 Å². The molecule has 25 heavy (non-hydrogen) atoms. The summed E-state index contributed by atoms with van der Waals surface area (Å²) in [6, 6.07) is 10.9. The molecule has 2 heterocycles. The van der Waals surface area contributed by atoms with Crippen molar-refractivity contribution in [2.45, 2.75) is 11.3 Å². The Hall–Kier alpha value is -1.38. The van der Waals surface area contributed by atoms with Crippen LogP contribution in [0.25, 0.3) is 10.9 Å². The van der Waals surface area contributed by atoms with Crippen LogP contribution in [0.4, 0.5) is 0 Å². The molecule has 132 valence electrons. The second kappa shape index (κ2) is 7.88. The Balaban J connectivity index is 1.54. The van der Waals surface area contributed by atoms with Gasteiger partial charge in [0.25, 0.3) is 0 Å². The molecule has 3 rings (SSSR count). The number of fused-ring (bicyclic) bond motifs is 1. The minimum absolute atomic E-state index is 0.00309. The number of halogens is 2. The molecule has 0 aliphatic heterocycles. The second-order valence-corrected chi connectivity index (χ2v) is 9.14. The van der Waals surface area contributed by atoms with Crippen LogP contribution >= 0.6 is 34.5 Å². The molecule has 3 aromatic rings. The number of benzene rings is 1. The van der Waals surface area contributed by atoms with Gasteiger partial charge in [-0.3, -0.25) is 4.98 Å². The van der Waals surface area contributed by atoms with Crippen LogP contribution in [-0.2, 0) is 10.0 Å². The Morgan fingerprint density at radius 2 is 2.00 bits per heavy atom. The first-order valence-electron chi connectivity index (χ1n) is 7.38. The van der Waals surface area contributed by atoms with Crippen LogP contribution in [0.3, 0.4) is 0 Å². The third-order valence-corrected chi connectivity index (χ3v) is 6.60. The van der Waals surface area contributed by atoms with Crippen LogP contribution in [0.1, 0.15) is 6.42 Å². The predicted octanol–water partition coefficient (Wildman–Crippen LogP) is 4.35. The molecule has 0 aliphatic carbocycles. The predicted molar refractivity (Wildman–Crippen MR) is 101 cm³/mol. The van der Waals surface area contributed by atoms with Crippen LogP contribution in [-0.4, -0.2) is 26.6 Å². The van der Waals surface area contributed by atoms with Gasteiger partial charge in [0.15, 0.2) is 0 Å². The lowest BCUT2D eigenvalue weighted by Gasteiger charge is -2.09. The monoisotopic (exact) mass is 416 g/mol. The van der Waals surface area contributed by atoms with Crippen LogP contribution in [0.15, 0.2) is 47.5 Å². The Kier molecular flexibility index (Phi) is 5.81. The Morgan fingerprint density at radius 3 is 2.76 bits per heavy atom. The molecule has 0 spiro atoms. The number of sulfonamides is 1. The van der Waals surface area contributed by atoms with Crippen LogP contribution < -0.4 is 9.46 Å². The van der Waals surface area contributed by atoms with Gasteiger partial charge >= 0.3 is 0 Å². The van der Waals surface area contributed by atoms with Gasteiger partial charge < -0.3 is 4.74 Å². The fraction of sp³-hybridized carbons (Fsp3) is 0.188. The van der Waals surface area contributed by atoms with Crippen molar-refractivity contribution in [2.24, 2.45) is 0 Å². The largest absolute Gasteiger partial charge is 0.491 e. The van der Waals surface area contributed by atoms with E-state index in [0.717, 1.165) is 22.2 Å². The van der Waals surface area contributed by atoms with E-state index in [2.05, 4.69) is 9.71 Å². The van der Waals surface area contributed by atoms with Crippen molar-refractivity contribution in [1.82, 2.24) is 9.71 Å². The number of para-hydroxylation sites is 1. The van der Waals surface area contributed by atoms with E-state index in [1.54, 1.807) is 6.20 Å². The number of thiophene rings is 1. The van der Waals surface area contributed by atoms with E-state index in [9.17, 15) is 8.42 Å². The third kappa shape index (κ3) is 4.43. The van der Waals surface area contributed by atoms with E-state index >= 15 is 0 Å². The topological polar surface area (TPSA) is 68.3 Å². The van der Waals surface area contributed by atoms with Gasteiger partial charge in [-0.25, -0.2) is 13.1 Å². The van der Waals surface area contributed by atoms with Crippen molar-refractivity contribution >= 4 is 55.5 Å². The maximum atomic E-state index is 12.2. The lowest BCUT2D eigenvalue weighted by molar-refractivity contribution is 0.314. The molecule has 0 fully saturated rings. The van der Waals surface area contributed by atoms with Crippen molar-refractivity contribution in [3.05, 3.63) is 51.3 Å². The molecule has 9 heteroatoms. The number of hydrogen-bond acceptors (Lipinski definition) is 5. The van der Waals surface area contributed by atoms with Crippen molar-refractivity contribution in [1.29, 1.82) is 0 Å². The first-order valence-corrected chi connectivity index (χ1v) is 10.4. The molecule has 0 amide bonds. The molecular weight excluding hydrogens is 403 g/mol. The standard InChI is InChI=1S/C16H14Cl2N2O3S2/c17-14-10-13(16(18)24-14)25(21,22)20-8-3-9-23-12-6-1-4-11-5-2-7-19-15(11)12/h1-2,4-7,10,20H,3,8-9H2. The normalized spacial score (nSPS) is 11.8. The molecule has 1 N–H and O–H groups in total. The molecule has 1 aromatic carbocycles. The minimum Gasteiger partial charge on any atom is -0.491 e. The fourth-order valence-electron chi connectivity index (χ4n) is 2.24. The molecule has 0 saturated carbocycles. The highest BCUT2D eigenvalue weighted by molar-refractivity contribution is 7.89. The quantitative estimate of drug-likeness (QED) is 0.581. The molecule has 0 unspecified atom stereocenters. The summed E-state index contributed by atoms with van der Waals surface area (Å²) in [7, 11) is -3.67. The summed E-state index contributed by atoms with van der Waals surface area (Å²) in [5.41, 5.74) is 0.783. The van der Waals surface area contributed by atoms with Crippen molar-refractivity contribution in [3.8, 4) is 5.75 Å². The minimum atomic E-state index is -3.67. The summed E-state index contributed by atoms with van der Waals surface area (Å²) in [5.74, 6) is 0.675. The molecule has 0 aliphatic rings. The lowest BCUT2D eigenvalue weighted by atomic mass is 10.2. The third-order valence-electron chi connectivity index (χ3n) is 3.38. The highest BCUT2D eigenvalue weighted by Gasteiger charge is 2.20. The van der Waals surface area contributed by atoms with E-state index in [1.807, 2.05) is 30.3 Å². The second-order valence-electron chi connectivity index (χ2n) is 5.12. The van der Waals surface area contributed by atoms with Crippen molar-refractivity contribution < 1.29 is 13.2 Å². The first-order chi connectivity index (χ1) is 12.0. The summed E-state index contributed by atoms with van der Waals surface area (Å²) in [6.07, 6.45) is 2.21. The molecule has 5 nitrogen and oxygen atoms in total. The van der Waals surface area contributed by atoms with E-state index in [-0.39, 0.29) is 15.8 Å². The maximum Gasteiger partial charge on any atom is 0.242 e. The van der Waals surface area contributed by atoms with Gasteiger partial charge in [-0.1, -0.05) is 41.4 Å². The Morgan fingerprint density at radius 1 is 1.20 bits per heavy atom. The molecule has 0 bridgehead atoms. The SMILES string of the molecule is O=S(=O)(NCCCOc1cccc2cccnc12)c1cc(Cl)sc1Cl. The summed E-state index contributed by atoms with van der Waals surface area (Å²) in [5, 5.41) is 0.990. The summed E-state index contributed by atoms with van der Waals surface area (Å²) in [6.45, 7) is 0.584. The van der Waals surface area contributed by atoms with Gasteiger partial charge in [0, 0.05) is 18.1 Å². The van der Waals surface area contributed by atoms with Gasteiger partial charge in [-0.15, -0.1) is 11.3 Å². The summed E-state index contributed by atoms with van der Waals surface area (Å²) < 4.78 is 33.0. The average Bonchev–Trinajstić information content (AvgIpc) is 2.94. The number of hydrogen-bond donors (Lipinski definition) is 1. The van der Waals surface area contributed by atoms with Crippen LogP contribution in [0.5, 0.6) is 5.75 Å². The zero-order chi connectivity index (χ0) is 17.9. The summed E-state index contributed by atoms with van der Waals surface area (Å²) in [4.78, 5) is 4.31. The van der Waals surface area contributed by atoms with Crippen LogP contribution in [0.2, 0.25) is 8.67 Å². The number of nitrogens with zero attached hydrogens (tertiary/aromatic N) is 1. The van der Waals surface area contributed by atoms with Gasteiger partial charge in [0.1, 0.15) is 20.5 Å². The highest BCUT2D eigenvalue weighted by atomic mass is 35.5. The highest BCUT2D eigenvalue weighted by Crippen LogP contribution is 2.34. The zero-order valence-corrected chi connectivity index (χ0v) is 16.1. The van der Waals surface area contributed by atoms with E-state index < -0.39 is 10.0 Å². The lowest BCUT2D eigenvalue weighted by Crippen LogP contribution is -2.25. The summed E-state index contributed by atoms with van der Waals surface area (Å²) >= 11 is 12.7. The van der Waals surface area contributed by atoms with E-state index in [1.165, 1.54) is 6.07 Å². The Bertz CT molecular complexity index is 985. The first kappa shape index (κ1) is 18.4. The molecular formula is C16H14Cl2N2O3S2. The van der Waals surface area contributed by atoms with Crippen LogP contribution in [0, 0.1) is 0 Å².